The molecular formula is C17H24N2O3. The molecule has 0 aromatic heterocycles. The van der Waals surface area contributed by atoms with Crippen molar-refractivity contribution in [2.75, 3.05) is 6.54 Å². The molecule has 1 aliphatic rings. The summed E-state index contributed by atoms with van der Waals surface area (Å²) in [6, 6.07) is 8.23. The second-order valence-electron chi connectivity index (χ2n) is 5.87. The molecule has 1 aromatic carbocycles. The van der Waals surface area contributed by atoms with Gasteiger partial charge in [-0.3, -0.25) is 9.59 Å². The Labute approximate surface area is 131 Å². The Morgan fingerprint density at radius 3 is 2.55 bits per heavy atom. The van der Waals surface area contributed by atoms with E-state index in [0.29, 0.717) is 24.4 Å². The van der Waals surface area contributed by atoms with Crippen molar-refractivity contribution in [2.45, 2.75) is 44.8 Å². The highest BCUT2D eigenvalue weighted by atomic mass is 16.3. The minimum absolute atomic E-state index is 0.270. The Kier molecular flexibility index (Phi) is 5.95. The molecule has 1 aromatic rings. The molecule has 1 saturated carbocycles. The molecule has 0 bridgehead atoms. The molecule has 1 fully saturated rings. The second kappa shape index (κ2) is 7.94. The standard InChI is InChI=1S/C17H24N2O3/c1-2-6-14(15(20)17(22)18-11-12-9-10-12)19-16(21)13-7-4-3-5-8-13/h3-5,7-8,12,14-15,20H,2,6,9-11H2,1H3,(H,18,22)(H,19,21). The number of aliphatic hydroxyl groups excluding tert-OH is 1. The zero-order valence-electron chi connectivity index (χ0n) is 12.9. The van der Waals surface area contributed by atoms with E-state index in [2.05, 4.69) is 10.6 Å². The molecule has 1 aliphatic carbocycles. The van der Waals surface area contributed by atoms with Crippen LogP contribution in [0.5, 0.6) is 0 Å². The predicted octanol–water partition coefficient (Wildman–Crippen LogP) is 1.47. The fraction of sp³-hybridized carbons (Fsp3) is 0.529. The number of benzene rings is 1. The van der Waals surface area contributed by atoms with Gasteiger partial charge in [0.15, 0.2) is 6.10 Å². The molecule has 120 valence electrons. The summed E-state index contributed by atoms with van der Waals surface area (Å²) in [6.07, 6.45) is 2.38. The molecule has 0 heterocycles. The van der Waals surface area contributed by atoms with E-state index in [9.17, 15) is 14.7 Å². The lowest BCUT2D eigenvalue weighted by molar-refractivity contribution is -0.130. The lowest BCUT2D eigenvalue weighted by Crippen LogP contribution is -2.50. The van der Waals surface area contributed by atoms with E-state index in [-0.39, 0.29) is 5.91 Å². The summed E-state index contributed by atoms with van der Waals surface area (Å²) in [5, 5.41) is 15.7. The van der Waals surface area contributed by atoms with Crippen molar-refractivity contribution in [1.29, 1.82) is 0 Å². The second-order valence-corrected chi connectivity index (χ2v) is 5.87. The van der Waals surface area contributed by atoms with Crippen LogP contribution in [0.15, 0.2) is 30.3 Å². The summed E-state index contributed by atoms with van der Waals surface area (Å²) in [4.78, 5) is 24.2. The third-order valence-electron chi connectivity index (χ3n) is 3.86. The highest BCUT2D eigenvalue weighted by molar-refractivity contribution is 5.95. The average Bonchev–Trinajstić information content (AvgIpc) is 3.36. The predicted molar refractivity (Wildman–Crippen MR) is 84.3 cm³/mol. The van der Waals surface area contributed by atoms with Crippen LogP contribution in [0.4, 0.5) is 0 Å². The summed E-state index contributed by atoms with van der Waals surface area (Å²) in [5.74, 6) is -0.119. The maximum atomic E-state index is 12.2. The van der Waals surface area contributed by atoms with Gasteiger partial charge in [0.05, 0.1) is 6.04 Å². The van der Waals surface area contributed by atoms with Gasteiger partial charge in [0, 0.05) is 12.1 Å². The van der Waals surface area contributed by atoms with Crippen LogP contribution in [0.2, 0.25) is 0 Å². The number of hydrogen-bond acceptors (Lipinski definition) is 3. The highest BCUT2D eigenvalue weighted by Gasteiger charge is 2.29. The fourth-order valence-electron chi connectivity index (χ4n) is 2.32. The van der Waals surface area contributed by atoms with E-state index in [1.165, 1.54) is 0 Å². The zero-order chi connectivity index (χ0) is 15.9. The first kappa shape index (κ1) is 16.5. The van der Waals surface area contributed by atoms with Crippen LogP contribution >= 0.6 is 0 Å². The van der Waals surface area contributed by atoms with Gasteiger partial charge in [0.2, 0.25) is 0 Å². The Morgan fingerprint density at radius 2 is 1.95 bits per heavy atom. The molecule has 5 heteroatoms. The Bertz CT molecular complexity index is 500. The van der Waals surface area contributed by atoms with Crippen molar-refractivity contribution in [3.8, 4) is 0 Å². The molecule has 5 nitrogen and oxygen atoms in total. The molecule has 2 unspecified atom stereocenters. The van der Waals surface area contributed by atoms with Gasteiger partial charge in [-0.15, -0.1) is 0 Å². The van der Waals surface area contributed by atoms with E-state index in [1.807, 2.05) is 13.0 Å². The largest absolute Gasteiger partial charge is 0.381 e. The van der Waals surface area contributed by atoms with Crippen molar-refractivity contribution >= 4 is 11.8 Å². The molecule has 3 N–H and O–H groups in total. The molecule has 22 heavy (non-hydrogen) atoms. The van der Waals surface area contributed by atoms with Gasteiger partial charge in [0.1, 0.15) is 0 Å². The maximum absolute atomic E-state index is 12.2. The lowest BCUT2D eigenvalue weighted by atomic mass is 10.0. The van der Waals surface area contributed by atoms with Crippen molar-refractivity contribution in [2.24, 2.45) is 5.92 Å². The number of aliphatic hydroxyl groups is 1. The summed E-state index contributed by atoms with van der Waals surface area (Å²) in [7, 11) is 0. The zero-order valence-corrected chi connectivity index (χ0v) is 12.9. The lowest BCUT2D eigenvalue weighted by Gasteiger charge is -2.23. The Morgan fingerprint density at radius 1 is 1.27 bits per heavy atom. The van der Waals surface area contributed by atoms with E-state index < -0.39 is 18.1 Å². The number of carbonyl (C=O) groups is 2. The number of rotatable bonds is 8. The van der Waals surface area contributed by atoms with E-state index in [0.717, 1.165) is 19.3 Å². The summed E-state index contributed by atoms with van der Waals surface area (Å²) < 4.78 is 0. The van der Waals surface area contributed by atoms with Crippen molar-refractivity contribution < 1.29 is 14.7 Å². The molecule has 2 atom stereocenters. The smallest absolute Gasteiger partial charge is 0.251 e. The maximum Gasteiger partial charge on any atom is 0.251 e. The first-order valence-corrected chi connectivity index (χ1v) is 7.93. The van der Waals surface area contributed by atoms with Crippen molar-refractivity contribution in [3.63, 3.8) is 0 Å². The molecule has 2 amide bonds. The van der Waals surface area contributed by atoms with Crippen LogP contribution in [0.3, 0.4) is 0 Å². The van der Waals surface area contributed by atoms with Crippen LogP contribution in [-0.2, 0) is 4.79 Å². The van der Waals surface area contributed by atoms with Gasteiger partial charge in [-0.2, -0.15) is 0 Å². The van der Waals surface area contributed by atoms with Crippen LogP contribution < -0.4 is 10.6 Å². The van der Waals surface area contributed by atoms with Crippen LogP contribution in [0, 0.1) is 5.92 Å². The first-order valence-electron chi connectivity index (χ1n) is 7.93. The molecule has 2 rings (SSSR count). The molecular weight excluding hydrogens is 280 g/mol. The minimum atomic E-state index is -1.22. The molecule has 0 saturated heterocycles. The summed E-state index contributed by atoms with van der Waals surface area (Å²) in [6.45, 7) is 2.57. The summed E-state index contributed by atoms with van der Waals surface area (Å²) >= 11 is 0. The van der Waals surface area contributed by atoms with E-state index >= 15 is 0 Å². The van der Waals surface area contributed by atoms with Crippen molar-refractivity contribution in [3.05, 3.63) is 35.9 Å². The summed E-state index contributed by atoms with van der Waals surface area (Å²) in [5.41, 5.74) is 0.522. The number of nitrogens with one attached hydrogen (secondary N) is 2. The van der Waals surface area contributed by atoms with Crippen LogP contribution in [0.25, 0.3) is 0 Å². The number of hydrogen-bond donors (Lipinski definition) is 3. The third kappa shape index (κ3) is 4.84. The number of carbonyl (C=O) groups excluding carboxylic acids is 2. The SMILES string of the molecule is CCCC(NC(=O)c1ccccc1)C(O)C(=O)NCC1CC1. The van der Waals surface area contributed by atoms with Crippen LogP contribution in [-0.4, -0.2) is 35.6 Å². The average molecular weight is 304 g/mol. The topological polar surface area (TPSA) is 78.4 Å². The fourth-order valence-corrected chi connectivity index (χ4v) is 2.32. The third-order valence-corrected chi connectivity index (χ3v) is 3.86. The molecule has 0 aliphatic heterocycles. The minimum Gasteiger partial charge on any atom is -0.381 e. The van der Waals surface area contributed by atoms with Crippen LogP contribution in [0.1, 0.15) is 43.0 Å². The van der Waals surface area contributed by atoms with Gasteiger partial charge >= 0.3 is 0 Å². The quantitative estimate of drug-likeness (QED) is 0.680. The van der Waals surface area contributed by atoms with Gasteiger partial charge in [0.25, 0.3) is 11.8 Å². The normalized spacial score (nSPS) is 16.6. The highest BCUT2D eigenvalue weighted by Crippen LogP contribution is 2.27. The Balaban J connectivity index is 1.92. The van der Waals surface area contributed by atoms with Gasteiger partial charge < -0.3 is 15.7 Å². The first-order chi connectivity index (χ1) is 10.6. The van der Waals surface area contributed by atoms with Crippen molar-refractivity contribution in [1.82, 2.24) is 10.6 Å². The number of amides is 2. The van der Waals surface area contributed by atoms with Gasteiger partial charge in [-0.05, 0) is 37.3 Å². The molecule has 0 radical (unpaired) electrons. The van der Waals surface area contributed by atoms with Gasteiger partial charge in [-0.25, -0.2) is 0 Å². The monoisotopic (exact) mass is 304 g/mol. The Hall–Kier alpha value is -1.88. The molecule has 0 spiro atoms. The van der Waals surface area contributed by atoms with E-state index in [4.69, 9.17) is 0 Å². The van der Waals surface area contributed by atoms with Gasteiger partial charge in [-0.1, -0.05) is 31.5 Å². The van der Waals surface area contributed by atoms with E-state index in [1.54, 1.807) is 24.3 Å².